The number of methoxy groups -OCH3 is 2. The summed E-state index contributed by atoms with van der Waals surface area (Å²) in [6.07, 6.45) is 2.06. The Morgan fingerprint density at radius 3 is 2.54 bits per heavy atom. The molecule has 2 aliphatic rings. The number of benzene rings is 2. The van der Waals surface area contributed by atoms with E-state index in [1.165, 1.54) is 5.69 Å². The van der Waals surface area contributed by atoms with Crippen molar-refractivity contribution in [2.75, 3.05) is 51.9 Å². The summed E-state index contributed by atoms with van der Waals surface area (Å²) >= 11 is 0. The summed E-state index contributed by atoms with van der Waals surface area (Å²) in [5, 5.41) is 13.7. The number of aromatic amines is 1. The monoisotopic (exact) mass is 531 g/mol. The summed E-state index contributed by atoms with van der Waals surface area (Å²) in [5.41, 5.74) is 2.28. The number of pyridine rings is 1. The lowest BCUT2D eigenvalue weighted by Crippen LogP contribution is -2.49. The van der Waals surface area contributed by atoms with Crippen LogP contribution in [0.25, 0.3) is 10.9 Å². The van der Waals surface area contributed by atoms with Crippen molar-refractivity contribution in [2.45, 2.75) is 31.5 Å². The highest BCUT2D eigenvalue weighted by Crippen LogP contribution is 2.34. The molecule has 4 heterocycles. The Morgan fingerprint density at radius 2 is 1.82 bits per heavy atom. The summed E-state index contributed by atoms with van der Waals surface area (Å²) < 4.78 is 18.6. The van der Waals surface area contributed by atoms with Crippen molar-refractivity contribution in [3.8, 4) is 11.5 Å². The molecule has 2 atom stereocenters. The lowest BCUT2D eigenvalue weighted by molar-refractivity contribution is 0.0906. The number of nitrogens with zero attached hydrogens (tertiary/aromatic N) is 6. The van der Waals surface area contributed by atoms with Crippen molar-refractivity contribution in [3.05, 3.63) is 70.3 Å². The van der Waals surface area contributed by atoms with Crippen LogP contribution in [-0.2, 0) is 11.3 Å². The van der Waals surface area contributed by atoms with Crippen LogP contribution >= 0.6 is 0 Å². The average molecular weight is 532 g/mol. The van der Waals surface area contributed by atoms with Gasteiger partial charge >= 0.3 is 0 Å². The topological polar surface area (TPSA) is 111 Å². The predicted molar refractivity (Wildman–Crippen MR) is 147 cm³/mol. The molecular weight excluding hydrogens is 498 g/mol. The number of fused-ring (bicyclic) bond motifs is 1. The number of ether oxygens (including phenoxy) is 3. The zero-order valence-electron chi connectivity index (χ0n) is 22.2. The molecule has 0 bridgehead atoms. The molecule has 39 heavy (non-hydrogen) atoms. The van der Waals surface area contributed by atoms with Crippen molar-refractivity contribution >= 4 is 16.6 Å². The van der Waals surface area contributed by atoms with Gasteiger partial charge in [0.25, 0.3) is 5.56 Å². The highest BCUT2D eigenvalue weighted by molar-refractivity contribution is 5.83. The number of nitrogens with one attached hydrogen (secondary N) is 1. The van der Waals surface area contributed by atoms with Gasteiger partial charge in [-0.2, -0.15) is 0 Å². The number of hydrogen-bond acceptors (Lipinski definition) is 9. The molecule has 11 nitrogen and oxygen atoms in total. The molecule has 0 radical (unpaired) electrons. The van der Waals surface area contributed by atoms with Gasteiger partial charge in [-0.1, -0.05) is 18.2 Å². The van der Waals surface area contributed by atoms with Gasteiger partial charge in [-0.15, -0.1) is 5.10 Å². The van der Waals surface area contributed by atoms with Gasteiger partial charge in [-0.3, -0.25) is 9.69 Å². The molecule has 0 aliphatic carbocycles. The molecule has 2 aromatic heterocycles. The zero-order chi connectivity index (χ0) is 26.8. The van der Waals surface area contributed by atoms with Gasteiger partial charge < -0.3 is 24.1 Å². The fourth-order valence-electron chi connectivity index (χ4n) is 5.65. The van der Waals surface area contributed by atoms with Gasteiger partial charge in [-0.05, 0) is 47.5 Å². The van der Waals surface area contributed by atoms with E-state index in [-0.39, 0.29) is 11.7 Å². The number of para-hydroxylation sites is 1. The molecule has 2 saturated heterocycles. The predicted octanol–water partition coefficient (Wildman–Crippen LogP) is 2.62. The molecular formula is C28H33N7O4. The van der Waals surface area contributed by atoms with Gasteiger partial charge in [0.15, 0.2) is 17.3 Å². The summed E-state index contributed by atoms with van der Waals surface area (Å²) in [5.74, 6) is 1.80. The van der Waals surface area contributed by atoms with Crippen LogP contribution in [0, 0.1) is 0 Å². The summed E-state index contributed by atoms with van der Waals surface area (Å²) in [7, 11) is 3.18. The smallest absolute Gasteiger partial charge is 0.253 e. The number of H-pyrrole nitrogens is 1. The Balaban J connectivity index is 1.39. The first kappa shape index (κ1) is 25.3. The highest BCUT2D eigenvalue weighted by Gasteiger charge is 2.33. The first-order valence-electron chi connectivity index (χ1n) is 13.3. The molecule has 1 N–H and O–H groups in total. The summed E-state index contributed by atoms with van der Waals surface area (Å²) in [6.45, 7) is 4.45. The van der Waals surface area contributed by atoms with Crippen molar-refractivity contribution < 1.29 is 14.2 Å². The molecule has 0 amide bonds. The lowest BCUT2D eigenvalue weighted by atomic mass is 10.0. The third kappa shape index (κ3) is 5.07. The van der Waals surface area contributed by atoms with E-state index >= 15 is 0 Å². The largest absolute Gasteiger partial charge is 0.493 e. The van der Waals surface area contributed by atoms with E-state index in [2.05, 4.69) is 54.6 Å². The Bertz CT molecular complexity index is 1470. The molecule has 6 rings (SSSR count). The van der Waals surface area contributed by atoms with Gasteiger partial charge in [-0.25, -0.2) is 4.68 Å². The number of piperazine rings is 1. The molecule has 2 aromatic carbocycles. The summed E-state index contributed by atoms with van der Waals surface area (Å²) in [6, 6.07) is 15.6. The Kier molecular flexibility index (Phi) is 7.16. The van der Waals surface area contributed by atoms with Gasteiger partial charge in [0.2, 0.25) is 0 Å². The van der Waals surface area contributed by atoms with E-state index in [4.69, 9.17) is 14.2 Å². The third-order valence-corrected chi connectivity index (χ3v) is 7.68. The Labute approximate surface area is 226 Å². The van der Waals surface area contributed by atoms with Crippen LogP contribution in [0.3, 0.4) is 0 Å². The van der Waals surface area contributed by atoms with Gasteiger partial charge in [0.05, 0.1) is 32.4 Å². The second kappa shape index (κ2) is 11.0. The van der Waals surface area contributed by atoms with Crippen LogP contribution in [-0.4, -0.2) is 83.2 Å². The maximum absolute atomic E-state index is 13.6. The maximum atomic E-state index is 13.6. The molecule has 204 valence electrons. The van der Waals surface area contributed by atoms with Crippen molar-refractivity contribution in [3.63, 3.8) is 0 Å². The lowest BCUT2D eigenvalue weighted by Gasteiger charge is -2.39. The molecule has 2 aliphatic heterocycles. The first-order valence-corrected chi connectivity index (χ1v) is 13.3. The Hall–Kier alpha value is -3.96. The number of tetrazole rings is 1. The Morgan fingerprint density at radius 1 is 1.05 bits per heavy atom. The standard InChI is InChI=1S/C28H33N7O4/c1-37-24-16-19-15-22(28(36)29-23(19)17-25(24)38-2)26(27-30-31-32-35(27)18-21-9-6-14-39-21)34-12-10-33(11-13-34)20-7-4-3-5-8-20/h3-5,7-8,15-17,21,26H,6,9-14,18H2,1-2H3,(H,29,36). The highest BCUT2D eigenvalue weighted by atomic mass is 16.5. The minimum Gasteiger partial charge on any atom is -0.493 e. The van der Waals surface area contributed by atoms with Crippen molar-refractivity contribution in [1.29, 1.82) is 0 Å². The summed E-state index contributed by atoms with van der Waals surface area (Å²) in [4.78, 5) is 21.4. The minimum absolute atomic E-state index is 0.0643. The molecule has 2 unspecified atom stereocenters. The quantitative estimate of drug-likeness (QED) is 0.367. The van der Waals surface area contributed by atoms with Crippen molar-refractivity contribution in [2.24, 2.45) is 0 Å². The average Bonchev–Trinajstić information content (AvgIpc) is 3.66. The van der Waals surface area contributed by atoms with Crippen LogP contribution in [0.4, 0.5) is 5.69 Å². The minimum atomic E-state index is -0.430. The fourth-order valence-corrected chi connectivity index (χ4v) is 5.65. The third-order valence-electron chi connectivity index (χ3n) is 7.68. The normalized spacial score (nSPS) is 18.9. The number of hydrogen-bond donors (Lipinski definition) is 1. The molecule has 4 aromatic rings. The maximum Gasteiger partial charge on any atom is 0.253 e. The number of aromatic nitrogens is 5. The second-order valence-corrected chi connectivity index (χ2v) is 9.96. The van der Waals surface area contributed by atoms with E-state index in [0.717, 1.165) is 51.0 Å². The van der Waals surface area contributed by atoms with Gasteiger partial charge in [0, 0.05) is 55.5 Å². The molecule has 0 spiro atoms. The van der Waals surface area contributed by atoms with Gasteiger partial charge in [0.1, 0.15) is 6.04 Å². The second-order valence-electron chi connectivity index (χ2n) is 9.96. The molecule has 2 fully saturated rings. The van der Waals surface area contributed by atoms with Crippen LogP contribution in [0.5, 0.6) is 11.5 Å². The van der Waals surface area contributed by atoms with Crippen LogP contribution in [0.2, 0.25) is 0 Å². The molecule has 0 saturated carbocycles. The van der Waals surface area contributed by atoms with E-state index in [9.17, 15) is 4.79 Å². The number of anilines is 1. The SMILES string of the molecule is COc1cc2cc(C(c3nnnn3CC3CCCO3)N3CCN(c4ccccc4)CC3)c(=O)[nH]c2cc1OC. The van der Waals surface area contributed by atoms with Crippen molar-refractivity contribution in [1.82, 2.24) is 30.1 Å². The van der Waals surface area contributed by atoms with Crippen LogP contribution < -0.4 is 19.9 Å². The number of rotatable bonds is 8. The van der Waals surface area contributed by atoms with Crippen LogP contribution in [0.1, 0.15) is 30.3 Å². The van der Waals surface area contributed by atoms with E-state index in [1.54, 1.807) is 20.3 Å². The zero-order valence-corrected chi connectivity index (χ0v) is 22.2. The van der Waals surface area contributed by atoms with E-state index < -0.39 is 6.04 Å². The molecule has 11 heteroatoms. The van der Waals surface area contributed by atoms with E-state index in [0.29, 0.717) is 34.9 Å². The van der Waals surface area contributed by atoms with Crippen LogP contribution in [0.15, 0.2) is 53.3 Å². The fraction of sp³-hybridized carbons (Fsp3) is 0.429. The first-order chi connectivity index (χ1) is 19.1. The van der Waals surface area contributed by atoms with E-state index in [1.807, 2.05) is 22.9 Å².